The fourth-order valence-electron chi connectivity index (χ4n) is 4.39. The number of primary amides is 1. The van der Waals surface area contributed by atoms with Crippen molar-refractivity contribution in [2.45, 2.75) is 32.4 Å². The third kappa shape index (κ3) is 6.28. The smallest absolute Gasteiger partial charge is 0.251 e. The standard InChI is InChI=1S/C27H32FN7O4/c1-16-6-4-8-20(25(16)28)33-26(29)19-10-23(22(38-3)11-21(19)31-2)39-18-7-5-9-34(14-18)24(36)15-35-13-17(12-32-35)27(30)37/h4,6,8,10-13,18,31H,5,7,9,14-15H2,1-3H3,(H2,29,33)(H2,30,37)/t18-/m1/s1. The molecular weight excluding hydrogens is 505 g/mol. The summed E-state index contributed by atoms with van der Waals surface area (Å²) in [6.07, 6.45) is 3.93. The van der Waals surface area contributed by atoms with Crippen molar-refractivity contribution in [2.75, 3.05) is 32.6 Å². The summed E-state index contributed by atoms with van der Waals surface area (Å²) in [5, 5.41) is 7.10. The van der Waals surface area contributed by atoms with Crippen LogP contribution in [0.2, 0.25) is 0 Å². The van der Waals surface area contributed by atoms with E-state index in [0.717, 1.165) is 12.8 Å². The Labute approximate surface area is 225 Å². The van der Waals surface area contributed by atoms with Crippen LogP contribution in [0.15, 0.2) is 47.7 Å². The van der Waals surface area contributed by atoms with Crippen LogP contribution in [0.1, 0.15) is 34.3 Å². The number of halogens is 1. The second-order valence-corrected chi connectivity index (χ2v) is 9.22. The summed E-state index contributed by atoms with van der Waals surface area (Å²) in [6.45, 7) is 2.57. The van der Waals surface area contributed by atoms with Gasteiger partial charge in [0.05, 0.1) is 25.4 Å². The number of aryl methyl sites for hydroxylation is 1. The first-order valence-electron chi connectivity index (χ1n) is 12.5. The van der Waals surface area contributed by atoms with Crippen LogP contribution in [-0.2, 0) is 11.3 Å². The highest BCUT2D eigenvalue weighted by Gasteiger charge is 2.27. The number of carbonyl (C=O) groups excluding carboxylic acids is 2. The first-order valence-corrected chi connectivity index (χ1v) is 12.5. The van der Waals surface area contributed by atoms with Gasteiger partial charge in [-0.2, -0.15) is 5.10 Å². The number of carbonyl (C=O) groups is 2. The van der Waals surface area contributed by atoms with Crippen LogP contribution in [-0.4, -0.2) is 65.7 Å². The number of amidine groups is 1. The number of nitrogens with two attached hydrogens (primary N) is 2. The number of benzene rings is 2. The zero-order chi connectivity index (χ0) is 28.1. The third-order valence-electron chi connectivity index (χ3n) is 6.50. The fraction of sp³-hybridized carbons (Fsp3) is 0.333. The molecule has 2 aromatic carbocycles. The van der Waals surface area contributed by atoms with E-state index in [0.29, 0.717) is 41.4 Å². The number of nitrogens with one attached hydrogen (secondary N) is 1. The molecule has 2 amide bonds. The number of amides is 2. The predicted molar refractivity (Wildman–Crippen MR) is 145 cm³/mol. The van der Waals surface area contributed by atoms with Crippen LogP contribution in [0.3, 0.4) is 0 Å². The van der Waals surface area contributed by atoms with Gasteiger partial charge in [0.1, 0.15) is 24.2 Å². The van der Waals surface area contributed by atoms with Crippen molar-refractivity contribution < 1.29 is 23.5 Å². The number of anilines is 1. The molecule has 5 N–H and O–H groups in total. The quantitative estimate of drug-likeness (QED) is 0.280. The third-order valence-corrected chi connectivity index (χ3v) is 6.50. The van der Waals surface area contributed by atoms with Crippen LogP contribution in [0.5, 0.6) is 11.5 Å². The molecule has 4 rings (SSSR count). The molecule has 206 valence electrons. The van der Waals surface area contributed by atoms with Crippen molar-refractivity contribution in [3.05, 3.63) is 65.2 Å². The Bertz CT molecular complexity index is 1400. The predicted octanol–water partition coefficient (Wildman–Crippen LogP) is 2.59. The molecule has 0 spiro atoms. The van der Waals surface area contributed by atoms with Gasteiger partial charge in [0.15, 0.2) is 17.3 Å². The van der Waals surface area contributed by atoms with Crippen LogP contribution >= 0.6 is 0 Å². The van der Waals surface area contributed by atoms with Crippen molar-refractivity contribution in [1.29, 1.82) is 0 Å². The van der Waals surface area contributed by atoms with Gasteiger partial charge < -0.3 is 31.2 Å². The molecular formula is C27H32FN7O4. The zero-order valence-electron chi connectivity index (χ0n) is 22.1. The number of rotatable bonds is 9. The largest absolute Gasteiger partial charge is 0.493 e. The summed E-state index contributed by atoms with van der Waals surface area (Å²) in [5.74, 6) is -0.205. The number of nitrogens with zero attached hydrogens (tertiary/aromatic N) is 4. The molecule has 1 aromatic heterocycles. The number of likely N-dealkylation sites (tertiary alicyclic amines) is 1. The summed E-state index contributed by atoms with van der Waals surface area (Å²) in [4.78, 5) is 30.2. The van der Waals surface area contributed by atoms with Crippen molar-refractivity contribution in [2.24, 2.45) is 16.5 Å². The molecule has 12 heteroatoms. The summed E-state index contributed by atoms with van der Waals surface area (Å²) in [6, 6.07) is 8.37. The van der Waals surface area contributed by atoms with E-state index < -0.39 is 11.7 Å². The number of ether oxygens (including phenoxy) is 2. The van der Waals surface area contributed by atoms with Gasteiger partial charge in [0, 0.05) is 37.1 Å². The molecule has 0 saturated carbocycles. The Hall–Kier alpha value is -4.61. The van der Waals surface area contributed by atoms with Crippen molar-refractivity contribution in [3.8, 4) is 11.5 Å². The molecule has 1 fully saturated rings. The molecule has 11 nitrogen and oxygen atoms in total. The molecule has 0 radical (unpaired) electrons. The van der Waals surface area contributed by atoms with Gasteiger partial charge in [0.2, 0.25) is 5.91 Å². The highest BCUT2D eigenvalue weighted by Crippen LogP contribution is 2.35. The monoisotopic (exact) mass is 537 g/mol. The molecule has 0 bridgehead atoms. The van der Waals surface area contributed by atoms with E-state index in [2.05, 4.69) is 15.4 Å². The number of methoxy groups -OCH3 is 1. The molecule has 0 aliphatic carbocycles. The lowest BCUT2D eigenvalue weighted by atomic mass is 10.1. The van der Waals surface area contributed by atoms with E-state index in [9.17, 15) is 14.0 Å². The highest BCUT2D eigenvalue weighted by atomic mass is 19.1. The molecule has 1 saturated heterocycles. The zero-order valence-corrected chi connectivity index (χ0v) is 22.1. The normalized spacial score (nSPS) is 15.6. The van der Waals surface area contributed by atoms with Crippen LogP contribution in [0.4, 0.5) is 15.8 Å². The summed E-state index contributed by atoms with van der Waals surface area (Å²) < 4.78 is 27.8. The van der Waals surface area contributed by atoms with E-state index in [4.69, 9.17) is 20.9 Å². The van der Waals surface area contributed by atoms with Gasteiger partial charge in [-0.15, -0.1) is 0 Å². The van der Waals surface area contributed by atoms with E-state index in [1.54, 1.807) is 49.2 Å². The summed E-state index contributed by atoms with van der Waals surface area (Å²) in [5.41, 5.74) is 13.6. The maximum atomic E-state index is 14.6. The SMILES string of the molecule is CNc1cc(OC)c(O[C@@H]2CCCN(C(=O)Cn3cc(C(N)=O)cn3)C2)cc1C(N)=Nc1cccc(C)c1F. The molecule has 3 aromatic rings. The van der Waals surface area contributed by atoms with Gasteiger partial charge in [-0.05, 0) is 37.5 Å². The lowest BCUT2D eigenvalue weighted by molar-refractivity contribution is -0.134. The maximum absolute atomic E-state index is 14.6. The first-order chi connectivity index (χ1) is 18.7. The Kier molecular flexibility index (Phi) is 8.33. The van der Waals surface area contributed by atoms with Crippen molar-refractivity contribution in [1.82, 2.24) is 14.7 Å². The molecule has 39 heavy (non-hydrogen) atoms. The second-order valence-electron chi connectivity index (χ2n) is 9.22. The second kappa shape index (κ2) is 11.8. The number of aliphatic imine (C=N–C) groups is 1. The molecule has 2 heterocycles. The highest BCUT2D eigenvalue weighted by molar-refractivity contribution is 6.04. The number of piperidine rings is 1. The average Bonchev–Trinajstić information content (AvgIpc) is 3.40. The Balaban J connectivity index is 1.54. The van der Waals surface area contributed by atoms with E-state index in [1.807, 2.05) is 0 Å². The Morgan fingerprint density at radius 2 is 2.05 bits per heavy atom. The lowest BCUT2D eigenvalue weighted by Crippen LogP contribution is -2.45. The van der Waals surface area contributed by atoms with Crippen LogP contribution in [0.25, 0.3) is 0 Å². The van der Waals surface area contributed by atoms with E-state index in [-0.39, 0.29) is 35.6 Å². The van der Waals surface area contributed by atoms with Gasteiger partial charge >= 0.3 is 0 Å². The van der Waals surface area contributed by atoms with Crippen molar-refractivity contribution >= 4 is 29.0 Å². The summed E-state index contributed by atoms with van der Waals surface area (Å²) >= 11 is 0. The van der Waals surface area contributed by atoms with Gasteiger partial charge in [-0.1, -0.05) is 12.1 Å². The molecule has 1 aliphatic rings. The maximum Gasteiger partial charge on any atom is 0.251 e. The van der Waals surface area contributed by atoms with Crippen molar-refractivity contribution in [3.63, 3.8) is 0 Å². The van der Waals surface area contributed by atoms with E-state index >= 15 is 0 Å². The topological polar surface area (TPSA) is 150 Å². The minimum absolute atomic E-state index is 0.0210. The number of aromatic nitrogens is 2. The minimum Gasteiger partial charge on any atom is -0.493 e. The Morgan fingerprint density at radius 3 is 2.74 bits per heavy atom. The number of hydrogen-bond donors (Lipinski definition) is 3. The molecule has 1 atom stereocenters. The molecule has 0 unspecified atom stereocenters. The van der Waals surface area contributed by atoms with Crippen LogP contribution < -0.4 is 26.3 Å². The lowest BCUT2D eigenvalue weighted by Gasteiger charge is -2.33. The first kappa shape index (κ1) is 27.4. The fourth-order valence-corrected chi connectivity index (χ4v) is 4.39. The van der Waals surface area contributed by atoms with Gasteiger partial charge in [-0.25, -0.2) is 9.38 Å². The molecule has 1 aliphatic heterocycles. The van der Waals surface area contributed by atoms with E-state index in [1.165, 1.54) is 24.2 Å². The van der Waals surface area contributed by atoms with Crippen LogP contribution in [0, 0.1) is 12.7 Å². The van der Waals surface area contributed by atoms with Gasteiger partial charge in [0.25, 0.3) is 5.91 Å². The Morgan fingerprint density at radius 1 is 1.26 bits per heavy atom. The average molecular weight is 538 g/mol. The minimum atomic E-state index is -0.604. The van der Waals surface area contributed by atoms with Gasteiger partial charge in [-0.3, -0.25) is 14.3 Å². The summed E-state index contributed by atoms with van der Waals surface area (Å²) in [7, 11) is 3.26. The number of hydrogen-bond acceptors (Lipinski definition) is 7.